The molecule has 0 spiro atoms. The Balaban J connectivity index is 1.66. The molecule has 0 aliphatic carbocycles. The lowest BCUT2D eigenvalue weighted by Gasteiger charge is -2.20. The van der Waals surface area contributed by atoms with E-state index in [2.05, 4.69) is 13.0 Å². The van der Waals surface area contributed by atoms with Crippen molar-refractivity contribution in [2.45, 2.75) is 25.8 Å². The molecule has 138 valence electrons. The van der Waals surface area contributed by atoms with E-state index in [9.17, 15) is 9.59 Å². The first-order chi connectivity index (χ1) is 13.1. The minimum Gasteiger partial charge on any atom is -0.426 e. The van der Waals surface area contributed by atoms with Crippen LogP contribution in [-0.4, -0.2) is 28.7 Å². The predicted molar refractivity (Wildman–Crippen MR) is 100 cm³/mol. The SMILES string of the molecule is CCc1ccc2c(c1)cc1n2C(=O)N(OC)C1CC(=O)Oc1ccccc1. The summed E-state index contributed by atoms with van der Waals surface area (Å²) in [6.45, 7) is 2.09. The van der Waals surface area contributed by atoms with Gasteiger partial charge in [-0.2, -0.15) is 5.06 Å². The topological polar surface area (TPSA) is 60.8 Å². The molecule has 2 aromatic carbocycles. The molecule has 0 fully saturated rings. The van der Waals surface area contributed by atoms with Crippen LogP contribution in [0, 0.1) is 0 Å². The van der Waals surface area contributed by atoms with Crippen LogP contribution < -0.4 is 4.74 Å². The van der Waals surface area contributed by atoms with E-state index in [0.29, 0.717) is 5.75 Å². The monoisotopic (exact) mass is 364 g/mol. The minimum atomic E-state index is -0.531. The number of hydrogen-bond donors (Lipinski definition) is 0. The first-order valence-electron chi connectivity index (χ1n) is 8.90. The van der Waals surface area contributed by atoms with Crippen molar-refractivity contribution < 1.29 is 19.2 Å². The summed E-state index contributed by atoms with van der Waals surface area (Å²) in [5.41, 5.74) is 2.74. The van der Waals surface area contributed by atoms with E-state index in [1.54, 1.807) is 28.8 Å². The molecule has 1 atom stereocenters. The van der Waals surface area contributed by atoms with Crippen molar-refractivity contribution in [1.29, 1.82) is 0 Å². The van der Waals surface area contributed by atoms with Gasteiger partial charge in [-0.15, -0.1) is 0 Å². The van der Waals surface area contributed by atoms with Gasteiger partial charge in [-0.05, 0) is 42.3 Å². The summed E-state index contributed by atoms with van der Waals surface area (Å²) in [4.78, 5) is 30.5. The molecule has 0 bridgehead atoms. The Kier molecular flexibility index (Phi) is 4.41. The van der Waals surface area contributed by atoms with Gasteiger partial charge in [0.1, 0.15) is 11.8 Å². The van der Waals surface area contributed by atoms with E-state index in [0.717, 1.165) is 23.0 Å². The van der Waals surface area contributed by atoms with Gasteiger partial charge in [0.25, 0.3) is 0 Å². The van der Waals surface area contributed by atoms with Gasteiger partial charge in [0.2, 0.25) is 0 Å². The number of carbonyl (C=O) groups is 2. The Morgan fingerprint density at radius 1 is 1.11 bits per heavy atom. The van der Waals surface area contributed by atoms with E-state index < -0.39 is 12.0 Å². The summed E-state index contributed by atoms with van der Waals surface area (Å²) in [6, 6.07) is 16.0. The van der Waals surface area contributed by atoms with Gasteiger partial charge in [-0.3, -0.25) is 14.2 Å². The van der Waals surface area contributed by atoms with E-state index >= 15 is 0 Å². The highest BCUT2D eigenvalue weighted by atomic mass is 16.7. The summed E-state index contributed by atoms with van der Waals surface area (Å²) in [7, 11) is 1.43. The third kappa shape index (κ3) is 2.98. The maximum atomic E-state index is 12.8. The smallest absolute Gasteiger partial charge is 0.353 e. The van der Waals surface area contributed by atoms with Gasteiger partial charge >= 0.3 is 12.0 Å². The van der Waals surface area contributed by atoms with Crippen LogP contribution in [-0.2, 0) is 16.1 Å². The average Bonchev–Trinajstić information content (AvgIpc) is 3.17. The third-order valence-corrected chi connectivity index (χ3v) is 4.84. The number of amides is 1. The van der Waals surface area contributed by atoms with Crippen LogP contribution in [0.2, 0.25) is 0 Å². The molecule has 4 rings (SSSR count). The number of hydroxylamine groups is 2. The van der Waals surface area contributed by atoms with Crippen LogP contribution >= 0.6 is 0 Å². The Morgan fingerprint density at radius 2 is 1.89 bits per heavy atom. The van der Waals surface area contributed by atoms with Crippen molar-refractivity contribution in [2.75, 3.05) is 7.11 Å². The molecule has 0 N–H and O–H groups in total. The molecule has 6 nitrogen and oxygen atoms in total. The molecule has 3 aromatic rings. The number of para-hydroxylation sites is 1. The van der Waals surface area contributed by atoms with Crippen LogP contribution in [0.3, 0.4) is 0 Å². The lowest BCUT2D eigenvalue weighted by Crippen LogP contribution is -2.30. The molecule has 6 heteroatoms. The van der Waals surface area contributed by atoms with Crippen LogP contribution in [0.25, 0.3) is 10.9 Å². The second kappa shape index (κ2) is 6.89. The molecular formula is C21H20N2O4. The minimum absolute atomic E-state index is 0.00539. The van der Waals surface area contributed by atoms with E-state index in [-0.39, 0.29) is 12.5 Å². The first kappa shape index (κ1) is 17.3. The van der Waals surface area contributed by atoms with Gasteiger partial charge in [-0.1, -0.05) is 31.2 Å². The van der Waals surface area contributed by atoms with Crippen molar-refractivity contribution in [2.24, 2.45) is 0 Å². The number of benzene rings is 2. The Bertz CT molecular complexity index is 1010. The van der Waals surface area contributed by atoms with Gasteiger partial charge < -0.3 is 4.74 Å². The highest BCUT2D eigenvalue weighted by Crippen LogP contribution is 2.37. The molecule has 2 heterocycles. The summed E-state index contributed by atoms with van der Waals surface area (Å²) >= 11 is 0. The fourth-order valence-electron chi connectivity index (χ4n) is 3.53. The predicted octanol–water partition coefficient (Wildman–Crippen LogP) is 4.09. The number of nitrogens with zero attached hydrogens (tertiary/aromatic N) is 2. The number of fused-ring (bicyclic) bond motifs is 3. The maximum absolute atomic E-state index is 12.8. The molecule has 1 aliphatic rings. The standard InChI is InChI=1S/C21H20N2O4/c1-3-14-9-10-17-15(11-14)12-18-19(23(26-2)21(25)22(17)18)13-20(24)27-16-7-5-4-6-8-16/h4-12,19H,3,13H2,1-2H3. The highest BCUT2D eigenvalue weighted by Gasteiger charge is 2.40. The molecule has 1 aliphatic heterocycles. The maximum Gasteiger partial charge on any atom is 0.353 e. The fourth-order valence-corrected chi connectivity index (χ4v) is 3.53. The number of hydrogen-bond acceptors (Lipinski definition) is 4. The second-order valence-electron chi connectivity index (χ2n) is 6.45. The molecule has 0 radical (unpaired) electrons. The average molecular weight is 364 g/mol. The van der Waals surface area contributed by atoms with Crippen LogP contribution in [0.15, 0.2) is 54.6 Å². The van der Waals surface area contributed by atoms with E-state index in [1.165, 1.54) is 17.7 Å². The number of ether oxygens (including phenoxy) is 1. The summed E-state index contributed by atoms with van der Waals surface area (Å²) in [5.74, 6) is 0.0536. The largest absolute Gasteiger partial charge is 0.426 e. The number of esters is 1. The molecule has 27 heavy (non-hydrogen) atoms. The van der Waals surface area contributed by atoms with Crippen molar-refractivity contribution in [3.05, 3.63) is 65.9 Å². The van der Waals surface area contributed by atoms with Gasteiger partial charge in [0, 0.05) is 5.39 Å². The Labute approximate surface area is 156 Å². The molecule has 1 unspecified atom stereocenters. The molecule has 1 amide bonds. The van der Waals surface area contributed by atoms with Crippen molar-refractivity contribution in [3.8, 4) is 5.75 Å². The number of aryl methyl sites for hydroxylation is 1. The van der Waals surface area contributed by atoms with Gasteiger partial charge in [0.15, 0.2) is 0 Å². The molecular weight excluding hydrogens is 344 g/mol. The summed E-state index contributed by atoms with van der Waals surface area (Å²) in [6.07, 6.45) is 0.923. The first-order valence-corrected chi connectivity index (χ1v) is 8.90. The molecule has 1 aromatic heterocycles. The summed E-state index contributed by atoms with van der Waals surface area (Å²) < 4.78 is 7.00. The Morgan fingerprint density at radius 3 is 2.59 bits per heavy atom. The van der Waals surface area contributed by atoms with Crippen molar-refractivity contribution in [3.63, 3.8) is 0 Å². The molecule has 0 saturated heterocycles. The third-order valence-electron chi connectivity index (χ3n) is 4.84. The fraction of sp³-hybridized carbons (Fsp3) is 0.238. The Hall–Kier alpha value is -3.12. The quantitative estimate of drug-likeness (QED) is 0.505. The van der Waals surface area contributed by atoms with Crippen LogP contribution in [0.1, 0.15) is 30.6 Å². The molecule has 0 saturated carbocycles. The zero-order valence-corrected chi connectivity index (χ0v) is 15.2. The lowest BCUT2D eigenvalue weighted by atomic mass is 10.1. The highest BCUT2D eigenvalue weighted by molar-refractivity contribution is 5.96. The zero-order valence-electron chi connectivity index (χ0n) is 15.2. The van der Waals surface area contributed by atoms with Crippen molar-refractivity contribution in [1.82, 2.24) is 9.63 Å². The lowest BCUT2D eigenvalue weighted by molar-refractivity contribution is -0.143. The van der Waals surface area contributed by atoms with Crippen LogP contribution in [0.4, 0.5) is 4.79 Å². The van der Waals surface area contributed by atoms with Crippen molar-refractivity contribution >= 4 is 22.9 Å². The zero-order chi connectivity index (χ0) is 19.0. The second-order valence-corrected chi connectivity index (χ2v) is 6.45. The number of aromatic nitrogens is 1. The number of carbonyl (C=O) groups excluding carboxylic acids is 2. The normalized spacial score (nSPS) is 16.0. The van der Waals surface area contributed by atoms with Gasteiger partial charge in [-0.25, -0.2) is 4.79 Å². The van der Waals surface area contributed by atoms with Gasteiger partial charge in [0.05, 0.1) is 24.7 Å². The number of rotatable bonds is 5. The van der Waals surface area contributed by atoms with Crippen LogP contribution in [0.5, 0.6) is 5.75 Å². The summed E-state index contributed by atoms with van der Waals surface area (Å²) in [5, 5.41) is 2.21. The van der Waals surface area contributed by atoms with E-state index in [4.69, 9.17) is 9.57 Å². The van der Waals surface area contributed by atoms with E-state index in [1.807, 2.05) is 24.3 Å².